The second-order valence-corrected chi connectivity index (χ2v) is 4.91. The van der Waals surface area contributed by atoms with Gasteiger partial charge in [0.1, 0.15) is 0 Å². The van der Waals surface area contributed by atoms with Gasteiger partial charge < -0.3 is 5.11 Å². The van der Waals surface area contributed by atoms with Crippen LogP contribution in [0.4, 0.5) is 0 Å². The predicted molar refractivity (Wildman–Crippen MR) is 73.3 cm³/mol. The molecule has 0 bridgehead atoms. The topological polar surface area (TPSA) is 33.1 Å². The van der Waals surface area contributed by atoms with E-state index >= 15 is 0 Å². The van der Waals surface area contributed by atoms with Crippen molar-refractivity contribution in [2.24, 2.45) is 0 Å². The summed E-state index contributed by atoms with van der Waals surface area (Å²) in [7, 11) is 0. The van der Waals surface area contributed by atoms with Crippen molar-refractivity contribution in [1.82, 2.24) is 4.98 Å². The summed E-state index contributed by atoms with van der Waals surface area (Å²) < 4.78 is 0. The molecule has 0 aliphatic carbocycles. The standard InChI is InChI=1S/C16H19NO/c1-13-7-6-12-17-15(13)10-11-16(2,18)14-8-4-3-5-9-14/h3-9,12,18H,10-11H2,1-2H3/t16-/m1/s1. The van der Waals surface area contributed by atoms with Crippen LogP contribution < -0.4 is 0 Å². The van der Waals surface area contributed by atoms with Gasteiger partial charge in [-0.05, 0) is 43.9 Å². The molecule has 1 N–H and O–H groups in total. The van der Waals surface area contributed by atoms with Crippen LogP contribution in [0.15, 0.2) is 48.7 Å². The number of aliphatic hydroxyl groups is 1. The molecule has 2 nitrogen and oxygen atoms in total. The summed E-state index contributed by atoms with van der Waals surface area (Å²) in [6.45, 7) is 3.92. The Balaban J connectivity index is 2.08. The quantitative estimate of drug-likeness (QED) is 0.891. The van der Waals surface area contributed by atoms with Crippen LogP contribution in [0.5, 0.6) is 0 Å². The van der Waals surface area contributed by atoms with Gasteiger partial charge in [0, 0.05) is 11.9 Å². The second-order valence-electron chi connectivity index (χ2n) is 4.91. The molecule has 0 saturated carbocycles. The summed E-state index contributed by atoms with van der Waals surface area (Å²) in [5, 5.41) is 10.5. The highest BCUT2D eigenvalue weighted by atomic mass is 16.3. The number of aromatic nitrogens is 1. The highest BCUT2D eigenvalue weighted by molar-refractivity contribution is 5.23. The van der Waals surface area contributed by atoms with Crippen molar-refractivity contribution >= 4 is 0 Å². The second kappa shape index (κ2) is 5.32. The number of nitrogens with zero attached hydrogens (tertiary/aromatic N) is 1. The Morgan fingerprint density at radius 2 is 1.83 bits per heavy atom. The van der Waals surface area contributed by atoms with E-state index in [4.69, 9.17) is 0 Å². The van der Waals surface area contributed by atoms with E-state index in [1.165, 1.54) is 5.56 Å². The van der Waals surface area contributed by atoms with Crippen molar-refractivity contribution in [3.05, 3.63) is 65.5 Å². The van der Waals surface area contributed by atoms with Gasteiger partial charge in [-0.15, -0.1) is 0 Å². The van der Waals surface area contributed by atoms with E-state index in [1.807, 2.05) is 43.3 Å². The molecule has 2 rings (SSSR count). The van der Waals surface area contributed by atoms with Gasteiger partial charge in [0.15, 0.2) is 0 Å². The molecular formula is C16H19NO. The fraction of sp³-hybridized carbons (Fsp3) is 0.312. The van der Waals surface area contributed by atoms with Crippen molar-refractivity contribution in [2.45, 2.75) is 32.3 Å². The number of hydrogen-bond acceptors (Lipinski definition) is 2. The van der Waals surface area contributed by atoms with Crippen molar-refractivity contribution in [3.8, 4) is 0 Å². The Hall–Kier alpha value is -1.67. The lowest BCUT2D eigenvalue weighted by Gasteiger charge is -2.24. The summed E-state index contributed by atoms with van der Waals surface area (Å²) in [6.07, 6.45) is 3.27. The van der Waals surface area contributed by atoms with Gasteiger partial charge in [0.2, 0.25) is 0 Å². The van der Waals surface area contributed by atoms with E-state index < -0.39 is 5.60 Å². The average molecular weight is 241 g/mol. The van der Waals surface area contributed by atoms with Crippen molar-refractivity contribution in [2.75, 3.05) is 0 Å². The highest BCUT2D eigenvalue weighted by Crippen LogP contribution is 2.26. The first kappa shape index (κ1) is 12.8. The summed E-state index contributed by atoms with van der Waals surface area (Å²) in [5.74, 6) is 0. The van der Waals surface area contributed by atoms with Crippen molar-refractivity contribution < 1.29 is 5.11 Å². The molecule has 0 amide bonds. The normalized spacial score (nSPS) is 14.2. The van der Waals surface area contributed by atoms with Crippen LogP contribution in [-0.4, -0.2) is 10.1 Å². The molecule has 0 aliphatic rings. The maximum absolute atomic E-state index is 10.5. The van der Waals surface area contributed by atoms with Gasteiger partial charge >= 0.3 is 0 Å². The Morgan fingerprint density at radius 1 is 1.11 bits per heavy atom. The molecule has 1 aromatic heterocycles. The summed E-state index contributed by atoms with van der Waals surface area (Å²) in [4.78, 5) is 4.36. The molecule has 0 radical (unpaired) electrons. The molecule has 2 aromatic rings. The van der Waals surface area contributed by atoms with Crippen LogP contribution in [-0.2, 0) is 12.0 Å². The van der Waals surface area contributed by atoms with E-state index in [0.717, 1.165) is 17.7 Å². The minimum atomic E-state index is -0.800. The largest absolute Gasteiger partial charge is 0.385 e. The molecule has 0 saturated heterocycles. The molecule has 0 spiro atoms. The molecule has 1 atom stereocenters. The number of hydrogen-bond donors (Lipinski definition) is 1. The van der Waals surface area contributed by atoms with Gasteiger partial charge in [0.25, 0.3) is 0 Å². The molecule has 0 aliphatic heterocycles. The van der Waals surface area contributed by atoms with E-state index in [-0.39, 0.29) is 0 Å². The Bertz CT molecular complexity index is 506. The number of aryl methyl sites for hydroxylation is 2. The lowest BCUT2D eigenvalue weighted by Crippen LogP contribution is -2.22. The number of pyridine rings is 1. The maximum Gasteiger partial charge on any atom is 0.0872 e. The van der Waals surface area contributed by atoms with E-state index in [1.54, 1.807) is 6.20 Å². The van der Waals surface area contributed by atoms with Crippen LogP contribution in [0.2, 0.25) is 0 Å². The van der Waals surface area contributed by atoms with Crippen LogP contribution in [0.25, 0.3) is 0 Å². The lowest BCUT2D eigenvalue weighted by molar-refractivity contribution is 0.0477. The van der Waals surface area contributed by atoms with Gasteiger partial charge in [0.05, 0.1) is 5.60 Å². The molecule has 1 heterocycles. The first-order valence-corrected chi connectivity index (χ1v) is 6.28. The van der Waals surface area contributed by atoms with Crippen molar-refractivity contribution in [3.63, 3.8) is 0 Å². The first-order chi connectivity index (χ1) is 8.59. The molecule has 18 heavy (non-hydrogen) atoms. The third-order valence-corrected chi connectivity index (χ3v) is 3.36. The summed E-state index contributed by atoms with van der Waals surface area (Å²) >= 11 is 0. The minimum absolute atomic E-state index is 0.675. The monoisotopic (exact) mass is 241 g/mol. The number of benzene rings is 1. The third-order valence-electron chi connectivity index (χ3n) is 3.36. The average Bonchev–Trinajstić information content (AvgIpc) is 2.39. The predicted octanol–water partition coefficient (Wildman–Crippen LogP) is 3.23. The van der Waals surface area contributed by atoms with E-state index in [9.17, 15) is 5.11 Å². The zero-order chi connectivity index (χ0) is 13.0. The number of rotatable bonds is 4. The van der Waals surface area contributed by atoms with Gasteiger partial charge in [-0.3, -0.25) is 4.98 Å². The van der Waals surface area contributed by atoms with E-state index in [2.05, 4.69) is 18.0 Å². The Kier molecular flexibility index (Phi) is 3.78. The third kappa shape index (κ3) is 2.96. The van der Waals surface area contributed by atoms with Gasteiger partial charge in [-0.1, -0.05) is 36.4 Å². The molecule has 0 fully saturated rings. The SMILES string of the molecule is Cc1cccnc1CC[C@@](C)(O)c1ccccc1. The lowest BCUT2D eigenvalue weighted by atomic mass is 9.90. The molecule has 94 valence electrons. The van der Waals surface area contributed by atoms with E-state index in [0.29, 0.717) is 6.42 Å². The molecule has 2 heteroatoms. The van der Waals surface area contributed by atoms with Crippen LogP contribution in [0.3, 0.4) is 0 Å². The smallest absolute Gasteiger partial charge is 0.0872 e. The summed E-state index contributed by atoms with van der Waals surface area (Å²) in [6, 6.07) is 13.8. The van der Waals surface area contributed by atoms with Crippen LogP contribution in [0, 0.1) is 6.92 Å². The molecule has 0 unspecified atom stereocenters. The zero-order valence-electron chi connectivity index (χ0n) is 10.9. The molecule has 1 aromatic carbocycles. The highest BCUT2D eigenvalue weighted by Gasteiger charge is 2.22. The van der Waals surface area contributed by atoms with Crippen molar-refractivity contribution in [1.29, 1.82) is 0 Å². The van der Waals surface area contributed by atoms with Crippen LogP contribution >= 0.6 is 0 Å². The summed E-state index contributed by atoms with van der Waals surface area (Å²) in [5.41, 5.74) is 2.40. The molecular weight excluding hydrogens is 222 g/mol. The first-order valence-electron chi connectivity index (χ1n) is 6.28. The Morgan fingerprint density at radius 3 is 2.50 bits per heavy atom. The van der Waals surface area contributed by atoms with Gasteiger partial charge in [-0.25, -0.2) is 0 Å². The van der Waals surface area contributed by atoms with Crippen LogP contribution in [0.1, 0.15) is 30.2 Å². The fourth-order valence-electron chi connectivity index (χ4n) is 2.08. The fourth-order valence-corrected chi connectivity index (χ4v) is 2.08. The van der Waals surface area contributed by atoms with Gasteiger partial charge in [-0.2, -0.15) is 0 Å². The minimum Gasteiger partial charge on any atom is -0.385 e. The Labute approximate surface area is 108 Å². The maximum atomic E-state index is 10.5. The zero-order valence-corrected chi connectivity index (χ0v) is 10.9.